The Morgan fingerprint density at radius 1 is 0.917 bits per heavy atom. The molecule has 0 spiro atoms. The highest BCUT2D eigenvalue weighted by atomic mass is 16.3. The van der Waals surface area contributed by atoms with Gasteiger partial charge in [0.05, 0.1) is 18.8 Å². The lowest BCUT2D eigenvalue weighted by Gasteiger charge is -2.39. The average Bonchev–Trinajstić information content (AvgIpc) is 2.65. The van der Waals surface area contributed by atoms with Crippen LogP contribution in [0.5, 0.6) is 0 Å². The average molecular weight is 323 g/mol. The fourth-order valence-corrected chi connectivity index (χ4v) is 3.49. The molecule has 0 aromatic heterocycles. The van der Waals surface area contributed by atoms with Gasteiger partial charge in [-0.1, -0.05) is 72.8 Å². The lowest BCUT2D eigenvalue weighted by molar-refractivity contribution is 0.0532. The van der Waals surface area contributed by atoms with Gasteiger partial charge in [0.15, 0.2) is 0 Å². The van der Waals surface area contributed by atoms with Crippen LogP contribution in [0.4, 0.5) is 0 Å². The maximum absolute atomic E-state index is 10.6. The summed E-state index contributed by atoms with van der Waals surface area (Å²) < 4.78 is 0. The molecule has 0 fully saturated rings. The smallest absolute Gasteiger partial charge is 0.0805 e. The van der Waals surface area contributed by atoms with Crippen LogP contribution in [0, 0.1) is 0 Å². The van der Waals surface area contributed by atoms with Crippen molar-refractivity contribution in [3.05, 3.63) is 83.9 Å². The van der Waals surface area contributed by atoms with E-state index in [-0.39, 0.29) is 18.7 Å². The van der Waals surface area contributed by atoms with E-state index in [0.29, 0.717) is 6.42 Å². The minimum Gasteiger partial charge on any atom is -0.394 e. The van der Waals surface area contributed by atoms with Gasteiger partial charge in [-0.25, -0.2) is 0 Å². The molecule has 0 bridgehead atoms. The van der Waals surface area contributed by atoms with Gasteiger partial charge < -0.3 is 10.2 Å². The van der Waals surface area contributed by atoms with Gasteiger partial charge in [0.25, 0.3) is 0 Å². The molecule has 3 nitrogen and oxygen atoms in total. The molecule has 1 aliphatic heterocycles. The third-order valence-electron chi connectivity index (χ3n) is 4.80. The zero-order valence-electron chi connectivity index (χ0n) is 13.8. The van der Waals surface area contributed by atoms with Gasteiger partial charge in [-0.3, -0.25) is 4.90 Å². The number of hydrogen-bond acceptors (Lipinski definition) is 3. The zero-order chi connectivity index (χ0) is 16.8. The molecule has 3 unspecified atom stereocenters. The summed E-state index contributed by atoms with van der Waals surface area (Å²) in [6.07, 6.45) is 5.40. The van der Waals surface area contributed by atoms with Crippen molar-refractivity contribution in [1.82, 2.24) is 4.90 Å². The molecular formula is C21H25NO2. The minimum absolute atomic E-state index is 0.0378. The quantitative estimate of drug-likeness (QED) is 0.800. The second-order valence-corrected chi connectivity index (χ2v) is 6.33. The first-order valence-corrected chi connectivity index (χ1v) is 8.59. The SMILES string of the molecule is OCC(c1ccccc1)N1CC=CCC1CC(O)c1ccccc1. The monoisotopic (exact) mass is 323 g/mol. The summed E-state index contributed by atoms with van der Waals surface area (Å²) in [5.74, 6) is 0. The van der Waals surface area contributed by atoms with Crippen molar-refractivity contribution in [2.24, 2.45) is 0 Å². The molecule has 0 aliphatic carbocycles. The molecule has 3 atom stereocenters. The first-order valence-electron chi connectivity index (χ1n) is 8.59. The summed E-state index contributed by atoms with van der Waals surface area (Å²) in [7, 11) is 0. The van der Waals surface area contributed by atoms with E-state index in [0.717, 1.165) is 24.1 Å². The van der Waals surface area contributed by atoms with E-state index in [1.807, 2.05) is 48.5 Å². The lowest BCUT2D eigenvalue weighted by atomic mass is 9.94. The van der Waals surface area contributed by atoms with Crippen molar-refractivity contribution >= 4 is 0 Å². The molecule has 0 saturated carbocycles. The fraction of sp³-hybridized carbons (Fsp3) is 0.333. The predicted molar refractivity (Wildman–Crippen MR) is 96.5 cm³/mol. The Labute approximate surface area is 143 Å². The van der Waals surface area contributed by atoms with Crippen LogP contribution in [-0.2, 0) is 0 Å². The van der Waals surface area contributed by atoms with Gasteiger partial charge in [0.1, 0.15) is 0 Å². The number of nitrogens with zero attached hydrogens (tertiary/aromatic N) is 1. The van der Waals surface area contributed by atoms with Gasteiger partial charge in [-0.2, -0.15) is 0 Å². The van der Waals surface area contributed by atoms with Crippen molar-refractivity contribution in [2.75, 3.05) is 13.2 Å². The molecular weight excluding hydrogens is 298 g/mol. The van der Waals surface area contributed by atoms with E-state index in [2.05, 4.69) is 29.2 Å². The molecule has 2 aromatic rings. The van der Waals surface area contributed by atoms with Crippen LogP contribution in [0.2, 0.25) is 0 Å². The van der Waals surface area contributed by atoms with Gasteiger partial charge in [-0.15, -0.1) is 0 Å². The Bertz CT molecular complexity index is 641. The second-order valence-electron chi connectivity index (χ2n) is 6.33. The third kappa shape index (κ3) is 3.93. The van der Waals surface area contributed by atoms with E-state index in [1.165, 1.54) is 0 Å². The van der Waals surface area contributed by atoms with Gasteiger partial charge in [0.2, 0.25) is 0 Å². The molecule has 24 heavy (non-hydrogen) atoms. The van der Waals surface area contributed by atoms with Crippen molar-refractivity contribution in [1.29, 1.82) is 0 Å². The first-order chi connectivity index (χ1) is 11.8. The Balaban J connectivity index is 1.77. The van der Waals surface area contributed by atoms with Crippen LogP contribution in [0.15, 0.2) is 72.8 Å². The summed E-state index contributed by atoms with van der Waals surface area (Å²) in [4.78, 5) is 2.31. The summed E-state index contributed by atoms with van der Waals surface area (Å²) in [5.41, 5.74) is 2.07. The largest absolute Gasteiger partial charge is 0.394 e. The third-order valence-corrected chi connectivity index (χ3v) is 4.80. The maximum Gasteiger partial charge on any atom is 0.0805 e. The first kappa shape index (κ1) is 16.9. The molecule has 1 heterocycles. The Morgan fingerprint density at radius 2 is 1.54 bits per heavy atom. The molecule has 0 radical (unpaired) electrons. The number of aliphatic hydroxyl groups is 2. The molecule has 2 N–H and O–H groups in total. The molecule has 3 rings (SSSR count). The topological polar surface area (TPSA) is 43.7 Å². The van der Waals surface area contributed by atoms with Crippen molar-refractivity contribution < 1.29 is 10.2 Å². The minimum atomic E-state index is -0.486. The summed E-state index contributed by atoms with van der Waals surface area (Å²) in [6.45, 7) is 0.877. The van der Waals surface area contributed by atoms with Crippen LogP contribution in [0.25, 0.3) is 0 Å². The Kier molecular flexibility index (Phi) is 5.81. The highest BCUT2D eigenvalue weighted by molar-refractivity contribution is 5.21. The molecule has 126 valence electrons. The van der Waals surface area contributed by atoms with Crippen LogP contribution in [-0.4, -0.2) is 34.3 Å². The van der Waals surface area contributed by atoms with Gasteiger partial charge >= 0.3 is 0 Å². The van der Waals surface area contributed by atoms with E-state index in [1.54, 1.807) is 0 Å². The van der Waals surface area contributed by atoms with Crippen LogP contribution in [0.1, 0.15) is 36.1 Å². The molecule has 2 aromatic carbocycles. The fourth-order valence-electron chi connectivity index (χ4n) is 3.49. The van der Waals surface area contributed by atoms with Crippen LogP contribution >= 0.6 is 0 Å². The Morgan fingerprint density at radius 3 is 2.17 bits per heavy atom. The Hall–Kier alpha value is -1.94. The zero-order valence-corrected chi connectivity index (χ0v) is 13.8. The van der Waals surface area contributed by atoms with E-state index in [4.69, 9.17) is 0 Å². The predicted octanol–water partition coefficient (Wildman–Crippen LogP) is 3.47. The van der Waals surface area contributed by atoms with E-state index < -0.39 is 6.10 Å². The maximum atomic E-state index is 10.6. The summed E-state index contributed by atoms with van der Waals surface area (Å²) in [5, 5.41) is 20.6. The summed E-state index contributed by atoms with van der Waals surface area (Å²) in [6, 6.07) is 20.1. The number of hydrogen-bond donors (Lipinski definition) is 2. The normalized spacial score (nSPS) is 20.7. The molecule has 0 saturated heterocycles. The van der Waals surface area contributed by atoms with Crippen LogP contribution in [0.3, 0.4) is 0 Å². The van der Waals surface area contributed by atoms with E-state index >= 15 is 0 Å². The van der Waals surface area contributed by atoms with Crippen molar-refractivity contribution in [2.45, 2.75) is 31.0 Å². The summed E-state index contributed by atoms with van der Waals surface area (Å²) >= 11 is 0. The molecule has 3 heteroatoms. The second kappa shape index (κ2) is 8.25. The highest BCUT2D eigenvalue weighted by Gasteiger charge is 2.29. The number of rotatable bonds is 6. The number of benzene rings is 2. The van der Waals surface area contributed by atoms with Crippen LogP contribution < -0.4 is 0 Å². The standard InChI is InChI=1S/C21H25NO2/c23-16-20(17-9-3-1-4-10-17)22-14-8-7-13-19(22)15-21(24)18-11-5-2-6-12-18/h1-12,19-21,23-24H,13-16H2. The highest BCUT2D eigenvalue weighted by Crippen LogP contribution is 2.31. The van der Waals surface area contributed by atoms with Gasteiger partial charge in [0, 0.05) is 12.6 Å². The molecule has 0 amide bonds. The van der Waals surface area contributed by atoms with Crippen molar-refractivity contribution in [3.63, 3.8) is 0 Å². The van der Waals surface area contributed by atoms with Crippen molar-refractivity contribution in [3.8, 4) is 0 Å². The van der Waals surface area contributed by atoms with E-state index in [9.17, 15) is 10.2 Å². The van der Waals surface area contributed by atoms with Gasteiger partial charge in [-0.05, 0) is 24.0 Å². The lowest BCUT2D eigenvalue weighted by Crippen LogP contribution is -2.42. The molecule has 1 aliphatic rings. The number of aliphatic hydroxyl groups excluding tert-OH is 2.